The summed E-state index contributed by atoms with van der Waals surface area (Å²) in [5, 5.41) is 8.55. The molecule has 0 amide bonds. The number of aliphatic carboxylic acids is 1. The molecule has 0 atom stereocenters. The Labute approximate surface area is 214 Å². The van der Waals surface area contributed by atoms with Crippen LogP contribution >= 0.6 is 0 Å². The van der Waals surface area contributed by atoms with Crippen molar-refractivity contribution >= 4 is 23.9 Å². The Balaban J connectivity index is 2.09. The molecule has 0 heterocycles. The molecule has 0 aliphatic carbocycles. The Hall–Kier alpha value is -2.90. The highest BCUT2D eigenvalue weighted by atomic mass is 16.5. The van der Waals surface area contributed by atoms with Gasteiger partial charge in [0.25, 0.3) is 0 Å². The molecule has 36 heavy (non-hydrogen) atoms. The highest BCUT2D eigenvalue weighted by molar-refractivity contribution is 5.93. The van der Waals surface area contributed by atoms with E-state index < -0.39 is 11.9 Å². The molecule has 0 saturated carbocycles. The number of rotatable bonds is 20. The van der Waals surface area contributed by atoms with E-state index in [0.717, 1.165) is 38.5 Å². The van der Waals surface area contributed by atoms with Crippen molar-refractivity contribution in [3.05, 3.63) is 35.4 Å². The fraction of sp³-hybridized carbons (Fsp3) is 0.643. The summed E-state index contributed by atoms with van der Waals surface area (Å²) < 4.78 is 15.7. The summed E-state index contributed by atoms with van der Waals surface area (Å²) in [5.41, 5.74) is 0.796. The van der Waals surface area contributed by atoms with Crippen LogP contribution in [-0.2, 0) is 23.8 Å². The van der Waals surface area contributed by atoms with Crippen molar-refractivity contribution in [1.82, 2.24) is 0 Å². The minimum absolute atomic E-state index is 0.0661. The molecule has 0 aliphatic rings. The van der Waals surface area contributed by atoms with E-state index in [0.29, 0.717) is 56.1 Å². The van der Waals surface area contributed by atoms with Gasteiger partial charge in [-0.15, -0.1) is 0 Å². The molecule has 0 unspecified atom stereocenters. The zero-order valence-electron chi connectivity index (χ0n) is 21.8. The van der Waals surface area contributed by atoms with Gasteiger partial charge < -0.3 is 19.3 Å². The first kappa shape index (κ1) is 31.1. The maximum absolute atomic E-state index is 12.2. The van der Waals surface area contributed by atoms with Crippen LogP contribution in [0.25, 0.3) is 0 Å². The van der Waals surface area contributed by atoms with Crippen molar-refractivity contribution in [1.29, 1.82) is 0 Å². The predicted octanol–water partition coefficient (Wildman–Crippen LogP) is 5.97. The van der Waals surface area contributed by atoms with Gasteiger partial charge in [-0.05, 0) is 75.1 Å². The van der Waals surface area contributed by atoms with Crippen molar-refractivity contribution in [3.63, 3.8) is 0 Å². The third-order valence-corrected chi connectivity index (χ3v) is 5.57. The molecular formula is C28H42O8. The van der Waals surface area contributed by atoms with E-state index in [4.69, 9.17) is 19.3 Å². The highest BCUT2D eigenvalue weighted by Crippen LogP contribution is 2.11. The van der Waals surface area contributed by atoms with Crippen LogP contribution in [0.4, 0.5) is 0 Å². The van der Waals surface area contributed by atoms with Gasteiger partial charge in [0.15, 0.2) is 0 Å². The molecule has 0 aromatic heterocycles. The van der Waals surface area contributed by atoms with Crippen LogP contribution in [-0.4, -0.2) is 48.8 Å². The van der Waals surface area contributed by atoms with E-state index in [1.165, 1.54) is 6.42 Å². The SMILES string of the molecule is CC(C)CCCCCOC(=O)c1ccc(C(=O)OCCCCCCOC(=O)CCCCC(=O)O)cc1. The second kappa shape index (κ2) is 19.3. The first-order valence-corrected chi connectivity index (χ1v) is 13.1. The number of ether oxygens (including phenoxy) is 3. The van der Waals surface area contributed by atoms with Crippen LogP contribution in [0, 0.1) is 5.92 Å². The van der Waals surface area contributed by atoms with E-state index in [-0.39, 0.29) is 24.8 Å². The lowest BCUT2D eigenvalue weighted by Gasteiger charge is -2.08. The molecule has 0 aliphatic heterocycles. The minimum atomic E-state index is -0.859. The third kappa shape index (κ3) is 15.9. The van der Waals surface area contributed by atoms with Crippen molar-refractivity contribution in [2.45, 2.75) is 90.9 Å². The summed E-state index contributed by atoms with van der Waals surface area (Å²) in [4.78, 5) is 46.2. The van der Waals surface area contributed by atoms with Gasteiger partial charge in [0, 0.05) is 12.8 Å². The fourth-order valence-corrected chi connectivity index (χ4v) is 3.43. The summed E-state index contributed by atoms with van der Waals surface area (Å²) in [6, 6.07) is 6.28. The summed E-state index contributed by atoms with van der Waals surface area (Å²) in [6.07, 6.45) is 8.63. The molecule has 0 spiro atoms. The van der Waals surface area contributed by atoms with Gasteiger partial charge in [-0.25, -0.2) is 9.59 Å². The zero-order valence-corrected chi connectivity index (χ0v) is 21.8. The molecule has 8 heteroatoms. The lowest BCUT2D eigenvalue weighted by Crippen LogP contribution is -2.09. The second-order valence-corrected chi connectivity index (χ2v) is 9.33. The van der Waals surface area contributed by atoms with Crippen LogP contribution in [0.15, 0.2) is 24.3 Å². The van der Waals surface area contributed by atoms with E-state index >= 15 is 0 Å². The Kier molecular flexibility index (Phi) is 16.7. The minimum Gasteiger partial charge on any atom is -0.481 e. The van der Waals surface area contributed by atoms with Crippen molar-refractivity contribution < 1.29 is 38.5 Å². The number of hydrogen-bond donors (Lipinski definition) is 1. The monoisotopic (exact) mass is 506 g/mol. The Morgan fingerprint density at radius 2 is 1.08 bits per heavy atom. The maximum atomic E-state index is 12.2. The summed E-state index contributed by atoms with van der Waals surface area (Å²) in [5.74, 6) is -1.29. The molecule has 8 nitrogen and oxygen atoms in total. The number of unbranched alkanes of at least 4 members (excludes halogenated alkanes) is 6. The third-order valence-electron chi connectivity index (χ3n) is 5.57. The largest absolute Gasteiger partial charge is 0.481 e. The first-order valence-electron chi connectivity index (χ1n) is 13.1. The van der Waals surface area contributed by atoms with E-state index in [2.05, 4.69) is 13.8 Å². The maximum Gasteiger partial charge on any atom is 0.338 e. The van der Waals surface area contributed by atoms with Crippen molar-refractivity contribution in [3.8, 4) is 0 Å². The Bertz CT molecular complexity index is 785. The molecule has 1 aromatic carbocycles. The molecule has 0 fully saturated rings. The van der Waals surface area contributed by atoms with Gasteiger partial charge in [0.2, 0.25) is 0 Å². The zero-order chi connectivity index (χ0) is 26.6. The van der Waals surface area contributed by atoms with Gasteiger partial charge in [-0.3, -0.25) is 9.59 Å². The van der Waals surface area contributed by atoms with E-state index in [1.807, 2.05) is 0 Å². The van der Waals surface area contributed by atoms with Crippen LogP contribution in [0.2, 0.25) is 0 Å². The molecule has 0 bridgehead atoms. The average molecular weight is 507 g/mol. The number of carboxylic acids is 1. The van der Waals surface area contributed by atoms with Crippen molar-refractivity contribution in [2.24, 2.45) is 5.92 Å². The average Bonchev–Trinajstić information content (AvgIpc) is 2.85. The highest BCUT2D eigenvalue weighted by Gasteiger charge is 2.11. The van der Waals surface area contributed by atoms with Crippen LogP contribution in [0.5, 0.6) is 0 Å². The van der Waals surface area contributed by atoms with Gasteiger partial charge >= 0.3 is 23.9 Å². The predicted molar refractivity (Wildman–Crippen MR) is 136 cm³/mol. The number of carbonyl (C=O) groups is 4. The smallest absolute Gasteiger partial charge is 0.338 e. The van der Waals surface area contributed by atoms with Crippen LogP contribution in [0.3, 0.4) is 0 Å². The van der Waals surface area contributed by atoms with Gasteiger partial charge in [-0.2, -0.15) is 0 Å². The normalized spacial score (nSPS) is 10.8. The van der Waals surface area contributed by atoms with Crippen molar-refractivity contribution in [2.75, 3.05) is 19.8 Å². The summed E-state index contributed by atoms with van der Waals surface area (Å²) in [6.45, 7) is 5.43. The first-order chi connectivity index (χ1) is 17.3. The van der Waals surface area contributed by atoms with E-state index in [9.17, 15) is 19.2 Å². The lowest BCUT2D eigenvalue weighted by molar-refractivity contribution is -0.144. The van der Waals surface area contributed by atoms with E-state index in [1.54, 1.807) is 24.3 Å². The fourth-order valence-electron chi connectivity index (χ4n) is 3.43. The van der Waals surface area contributed by atoms with Gasteiger partial charge in [0.05, 0.1) is 30.9 Å². The molecular weight excluding hydrogens is 464 g/mol. The van der Waals surface area contributed by atoms with Gasteiger partial charge in [0.1, 0.15) is 0 Å². The molecule has 1 N–H and O–H groups in total. The molecule has 1 rings (SSSR count). The topological polar surface area (TPSA) is 116 Å². The number of benzene rings is 1. The quantitative estimate of drug-likeness (QED) is 0.131. The molecule has 1 aromatic rings. The summed E-state index contributed by atoms with van der Waals surface area (Å²) >= 11 is 0. The summed E-state index contributed by atoms with van der Waals surface area (Å²) in [7, 11) is 0. The Morgan fingerprint density at radius 3 is 1.56 bits per heavy atom. The molecule has 0 radical (unpaired) electrons. The molecule has 0 saturated heterocycles. The molecule has 202 valence electrons. The van der Waals surface area contributed by atoms with Gasteiger partial charge in [-0.1, -0.05) is 33.1 Å². The number of esters is 3. The van der Waals surface area contributed by atoms with Crippen LogP contribution in [0.1, 0.15) is 112 Å². The second-order valence-electron chi connectivity index (χ2n) is 9.33. The number of hydrogen-bond acceptors (Lipinski definition) is 7. The van der Waals surface area contributed by atoms with Crippen LogP contribution < -0.4 is 0 Å². The Morgan fingerprint density at radius 1 is 0.639 bits per heavy atom. The standard InChI is InChI=1S/C28H42O8/c1-22(2)12-6-5-11-21-36-28(33)24-17-15-23(16-18-24)27(32)35-20-10-4-3-9-19-34-26(31)14-8-7-13-25(29)30/h15-18,22H,3-14,19-21H2,1-2H3,(H,29,30). The number of carbonyl (C=O) groups excluding carboxylic acids is 3. The number of carboxylic acid groups (broad SMARTS) is 1. The lowest BCUT2D eigenvalue weighted by atomic mass is 10.1.